The van der Waals surface area contributed by atoms with E-state index in [2.05, 4.69) is 37.2 Å². The van der Waals surface area contributed by atoms with E-state index in [4.69, 9.17) is 0 Å². The first-order valence-corrected chi connectivity index (χ1v) is 6.65. The molecule has 15 heavy (non-hydrogen) atoms. The third kappa shape index (κ3) is 2.74. The maximum Gasteiger partial charge on any atom is 0.0741 e. The second-order valence-corrected chi connectivity index (χ2v) is 5.64. The average Bonchev–Trinajstić information content (AvgIpc) is 2.58. The maximum atomic E-state index is 9.72. The Kier molecular flexibility index (Phi) is 3.69. The van der Waals surface area contributed by atoms with E-state index < -0.39 is 0 Å². The quantitative estimate of drug-likeness (QED) is 0.867. The molecule has 82 valence electrons. The monoisotopic (exact) mass is 333 g/mol. The molecule has 1 saturated carbocycles. The van der Waals surface area contributed by atoms with E-state index in [1.165, 1.54) is 0 Å². The van der Waals surface area contributed by atoms with Crippen LogP contribution in [0.15, 0.2) is 27.1 Å². The van der Waals surface area contributed by atoms with Crippen LogP contribution in [0.1, 0.15) is 19.3 Å². The topological polar surface area (TPSA) is 32.3 Å². The van der Waals surface area contributed by atoms with E-state index in [0.29, 0.717) is 0 Å². The van der Waals surface area contributed by atoms with Crippen molar-refractivity contribution in [1.29, 1.82) is 0 Å². The van der Waals surface area contributed by atoms with E-state index in [9.17, 15) is 5.11 Å². The van der Waals surface area contributed by atoms with Crippen molar-refractivity contribution >= 4 is 37.5 Å². The molecular formula is C11H13Br2NO. The van der Waals surface area contributed by atoms with Crippen molar-refractivity contribution in [3.8, 4) is 0 Å². The van der Waals surface area contributed by atoms with Gasteiger partial charge in [0.05, 0.1) is 12.1 Å². The molecule has 0 radical (unpaired) electrons. The lowest BCUT2D eigenvalue weighted by molar-refractivity contribution is 0.172. The smallest absolute Gasteiger partial charge is 0.0741 e. The van der Waals surface area contributed by atoms with Crippen LogP contribution >= 0.6 is 31.9 Å². The molecule has 0 bridgehead atoms. The highest BCUT2D eigenvalue weighted by molar-refractivity contribution is 9.11. The number of nitrogens with one attached hydrogen (secondary N) is 1. The fraction of sp³-hybridized carbons (Fsp3) is 0.455. The maximum absolute atomic E-state index is 9.72. The minimum atomic E-state index is -0.212. The fourth-order valence-electron chi connectivity index (χ4n) is 1.92. The zero-order valence-corrected chi connectivity index (χ0v) is 11.4. The normalized spacial score (nSPS) is 25.5. The van der Waals surface area contributed by atoms with Crippen LogP contribution in [-0.2, 0) is 0 Å². The first-order valence-electron chi connectivity index (χ1n) is 5.06. The molecule has 2 rings (SSSR count). The van der Waals surface area contributed by atoms with Crippen molar-refractivity contribution in [2.75, 3.05) is 5.32 Å². The molecule has 1 aliphatic rings. The number of hydrogen-bond acceptors (Lipinski definition) is 2. The van der Waals surface area contributed by atoms with E-state index in [-0.39, 0.29) is 12.1 Å². The van der Waals surface area contributed by atoms with Crippen LogP contribution in [-0.4, -0.2) is 17.3 Å². The van der Waals surface area contributed by atoms with E-state index >= 15 is 0 Å². The van der Waals surface area contributed by atoms with Gasteiger partial charge in [-0.05, 0) is 53.4 Å². The van der Waals surface area contributed by atoms with Crippen molar-refractivity contribution in [3.63, 3.8) is 0 Å². The Balaban J connectivity index is 2.12. The molecule has 1 aromatic rings. The van der Waals surface area contributed by atoms with Crippen LogP contribution < -0.4 is 5.32 Å². The molecule has 1 fully saturated rings. The van der Waals surface area contributed by atoms with Crippen LogP contribution in [0.25, 0.3) is 0 Å². The molecule has 0 saturated heterocycles. The molecule has 0 amide bonds. The van der Waals surface area contributed by atoms with Gasteiger partial charge in [0.2, 0.25) is 0 Å². The van der Waals surface area contributed by atoms with Crippen molar-refractivity contribution in [2.45, 2.75) is 31.4 Å². The van der Waals surface area contributed by atoms with Gasteiger partial charge < -0.3 is 10.4 Å². The number of benzene rings is 1. The molecule has 0 heterocycles. The number of anilines is 1. The highest BCUT2D eigenvalue weighted by Crippen LogP contribution is 2.30. The van der Waals surface area contributed by atoms with Gasteiger partial charge >= 0.3 is 0 Å². The van der Waals surface area contributed by atoms with Gasteiger partial charge in [0.15, 0.2) is 0 Å². The van der Waals surface area contributed by atoms with Gasteiger partial charge in [-0.25, -0.2) is 0 Å². The molecular weight excluding hydrogens is 322 g/mol. The number of hydrogen-bond donors (Lipinski definition) is 2. The van der Waals surface area contributed by atoms with Gasteiger partial charge in [0, 0.05) is 14.6 Å². The molecule has 0 aliphatic heterocycles. The third-order valence-electron chi connectivity index (χ3n) is 2.75. The summed E-state index contributed by atoms with van der Waals surface area (Å²) in [6.45, 7) is 0. The number of rotatable bonds is 2. The van der Waals surface area contributed by atoms with Crippen LogP contribution in [0.4, 0.5) is 5.69 Å². The van der Waals surface area contributed by atoms with E-state index in [0.717, 1.165) is 33.9 Å². The predicted molar refractivity (Wildman–Crippen MR) is 69.1 cm³/mol. The molecule has 1 aromatic carbocycles. The van der Waals surface area contributed by atoms with Crippen molar-refractivity contribution in [3.05, 3.63) is 27.1 Å². The predicted octanol–water partition coefficient (Wildman–Crippen LogP) is 3.54. The van der Waals surface area contributed by atoms with E-state index in [1.807, 2.05) is 18.2 Å². The highest BCUT2D eigenvalue weighted by atomic mass is 79.9. The second-order valence-electron chi connectivity index (χ2n) is 3.87. The first-order chi connectivity index (χ1) is 7.16. The SMILES string of the molecule is O[C@@H]1CCC[C@H]1Nc1cc(Br)ccc1Br. The summed E-state index contributed by atoms with van der Waals surface area (Å²) in [6.07, 6.45) is 2.84. The lowest BCUT2D eigenvalue weighted by Crippen LogP contribution is -2.28. The van der Waals surface area contributed by atoms with Crippen LogP contribution in [0.5, 0.6) is 0 Å². The molecule has 2 atom stereocenters. The summed E-state index contributed by atoms with van der Waals surface area (Å²) in [5.74, 6) is 0. The molecule has 0 spiro atoms. The summed E-state index contributed by atoms with van der Waals surface area (Å²) in [5, 5.41) is 13.1. The average molecular weight is 335 g/mol. The van der Waals surface area contributed by atoms with E-state index in [1.54, 1.807) is 0 Å². The number of aliphatic hydroxyl groups excluding tert-OH is 1. The molecule has 2 N–H and O–H groups in total. The van der Waals surface area contributed by atoms with Gasteiger partial charge in [-0.3, -0.25) is 0 Å². The summed E-state index contributed by atoms with van der Waals surface area (Å²) in [4.78, 5) is 0. The van der Waals surface area contributed by atoms with Crippen molar-refractivity contribution in [2.24, 2.45) is 0 Å². The Labute approximate surface area is 106 Å². The molecule has 1 aliphatic carbocycles. The lowest BCUT2D eigenvalue weighted by atomic mass is 10.2. The van der Waals surface area contributed by atoms with Gasteiger partial charge in [0.25, 0.3) is 0 Å². The number of halogens is 2. The highest BCUT2D eigenvalue weighted by Gasteiger charge is 2.25. The van der Waals surface area contributed by atoms with Gasteiger partial charge in [-0.2, -0.15) is 0 Å². The Hall–Kier alpha value is -0.0600. The molecule has 0 unspecified atom stereocenters. The van der Waals surface area contributed by atoms with Crippen molar-refractivity contribution < 1.29 is 5.11 Å². The molecule has 4 heteroatoms. The Bertz CT molecular complexity index is 356. The third-order valence-corrected chi connectivity index (χ3v) is 3.93. The Morgan fingerprint density at radius 1 is 1.27 bits per heavy atom. The zero-order chi connectivity index (χ0) is 10.8. The molecule has 2 nitrogen and oxygen atoms in total. The second kappa shape index (κ2) is 4.85. The first kappa shape index (κ1) is 11.4. The minimum absolute atomic E-state index is 0.190. The fourth-order valence-corrected chi connectivity index (χ4v) is 2.64. The van der Waals surface area contributed by atoms with Gasteiger partial charge in [0.1, 0.15) is 0 Å². The van der Waals surface area contributed by atoms with Gasteiger partial charge in [-0.15, -0.1) is 0 Å². The summed E-state index contributed by atoms with van der Waals surface area (Å²) >= 11 is 6.93. The number of aliphatic hydroxyl groups is 1. The van der Waals surface area contributed by atoms with Gasteiger partial charge in [-0.1, -0.05) is 15.9 Å². The van der Waals surface area contributed by atoms with Crippen LogP contribution in [0, 0.1) is 0 Å². The molecule has 0 aromatic heterocycles. The standard InChI is InChI=1S/C11H13Br2NO/c12-7-4-5-8(13)10(6-7)14-9-2-1-3-11(9)15/h4-6,9,11,14-15H,1-3H2/t9-,11-/m1/s1. The van der Waals surface area contributed by atoms with Crippen LogP contribution in [0.3, 0.4) is 0 Å². The largest absolute Gasteiger partial charge is 0.391 e. The summed E-state index contributed by atoms with van der Waals surface area (Å²) < 4.78 is 2.07. The summed E-state index contributed by atoms with van der Waals surface area (Å²) in [7, 11) is 0. The van der Waals surface area contributed by atoms with Crippen LogP contribution in [0.2, 0.25) is 0 Å². The lowest BCUT2D eigenvalue weighted by Gasteiger charge is -2.18. The zero-order valence-electron chi connectivity index (χ0n) is 8.21. The summed E-state index contributed by atoms with van der Waals surface area (Å²) in [5.41, 5.74) is 1.04. The Morgan fingerprint density at radius 3 is 2.73 bits per heavy atom. The van der Waals surface area contributed by atoms with Crippen molar-refractivity contribution in [1.82, 2.24) is 0 Å². The summed E-state index contributed by atoms with van der Waals surface area (Å²) in [6, 6.07) is 6.19. The Morgan fingerprint density at radius 2 is 2.07 bits per heavy atom. The minimum Gasteiger partial charge on any atom is -0.391 e.